The molecule has 7 nitrogen and oxygen atoms in total. The Morgan fingerprint density at radius 3 is 2.03 bits per heavy atom. The highest BCUT2D eigenvalue weighted by atomic mass is 32.2. The molecule has 0 bridgehead atoms. The first-order chi connectivity index (χ1) is 14.5. The number of benzene rings is 3. The highest BCUT2D eigenvalue weighted by Gasteiger charge is 2.19. The lowest BCUT2D eigenvalue weighted by Gasteiger charge is -2.14. The summed E-state index contributed by atoms with van der Waals surface area (Å²) in [5.41, 5.74) is 2.00. The maximum Gasteiger partial charge on any atom is 0.263 e. The fraction of sp³-hybridized carbons (Fsp3) is 0.0909. The second-order valence-corrected chi connectivity index (χ2v) is 8.09. The molecule has 0 radical (unpaired) electrons. The van der Waals surface area contributed by atoms with Gasteiger partial charge in [0, 0.05) is 5.69 Å². The normalized spacial score (nSPS) is 11.2. The van der Waals surface area contributed by atoms with E-state index in [1.807, 2.05) is 55.5 Å². The number of nitrogens with zero attached hydrogens (tertiary/aromatic N) is 2. The van der Waals surface area contributed by atoms with E-state index in [-0.39, 0.29) is 10.7 Å². The second kappa shape index (κ2) is 8.38. The minimum absolute atomic E-state index is 0.103. The molecule has 0 fully saturated rings. The van der Waals surface area contributed by atoms with Crippen molar-refractivity contribution >= 4 is 38.4 Å². The summed E-state index contributed by atoms with van der Waals surface area (Å²) in [5.74, 6) is 1.04. The summed E-state index contributed by atoms with van der Waals surface area (Å²) >= 11 is 0. The third kappa shape index (κ3) is 4.33. The van der Waals surface area contributed by atoms with Crippen molar-refractivity contribution in [2.24, 2.45) is 0 Å². The van der Waals surface area contributed by atoms with Gasteiger partial charge in [0.2, 0.25) is 0 Å². The number of aromatic nitrogens is 2. The molecular weight excluding hydrogens is 400 g/mol. The van der Waals surface area contributed by atoms with Gasteiger partial charge >= 0.3 is 0 Å². The van der Waals surface area contributed by atoms with E-state index >= 15 is 0 Å². The van der Waals surface area contributed by atoms with Crippen LogP contribution in [0, 0.1) is 0 Å². The Balaban J connectivity index is 1.72. The largest absolute Gasteiger partial charge is 0.494 e. The van der Waals surface area contributed by atoms with Gasteiger partial charge in [0.1, 0.15) is 5.75 Å². The topological polar surface area (TPSA) is 93.2 Å². The Kier molecular flexibility index (Phi) is 5.49. The molecule has 0 atom stereocenters. The van der Waals surface area contributed by atoms with Crippen LogP contribution in [0.3, 0.4) is 0 Å². The second-order valence-electron chi connectivity index (χ2n) is 6.41. The van der Waals surface area contributed by atoms with Crippen LogP contribution in [-0.4, -0.2) is 25.0 Å². The maximum atomic E-state index is 13.0. The van der Waals surface area contributed by atoms with Crippen LogP contribution in [0.1, 0.15) is 6.92 Å². The molecule has 0 aliphatic rings. The maximum absolute atomic E-state index is 13.0. The number of para-hydroxylation sites is 3. The van der Waals surface area contributed by atoms with Gasteiger partial charge in [0.15, 0.2) is 11.6 Å². The molecule has 0 unspecified atom stereocenters. The number of fused-ring (bicyclic) bond motifs is 1. The molecular formula is C22H20N4O3S. The molecule has 0 saturated carbocycles. The smallest absolute Gasteiger partial charge is 0.263 e. The van der Waals surface area contributed by atoms with Crippen LogP contribution < -0.4 is 14.8 Å². The van der Waals surface area contributed by atoms with E-state index in [0.717, 1.165) is 5.69 Å². The van der Waals surface area contributed by atoms with E-state index in [2.05, 4.69) is 20.0 Å². The molecule has 0 aliphatic heterocycles. The summed E-state index contributed by atoms with van der Waals surface area (Å²) in [6.07, 6.45) is 0. The monoisotopic (exact) mass is 420 g/mol. The summed E-state index contributed by atoms with van der Waals surface area (Å²) in [4.78, 5) is 9.16. The molecule has 1 heterocycles. The van der Waals surface area contributed by atoms with Gasteiger partial charge < -0.3 is 10.1 Å². The molecule has 0 spiro atoms. The summed E-state index contributed by atoms with van der Waals surface area (Å²) in [6.45, 7) is 2.37. The first-order valence-electron chi connectivity index (χ1n) is 9.40. The Labute approximate surface area is 174 Å². The predicted molar refractivity (Wildman–Crippen MR) is 118 cm³/mol. The van der Waals surface area contributed by atoms with Crippen molar-refractivity contribution < 1.29 is 13.2 Å². The van der Waals surface area contributed by atoms with Gasteiger partial charge in [-0.3, -0.25) is 4.72 Å². The van der Waals surface area contributed by atoms with Gasteiger partial charge in [-0.25, -0.2) is 18.4 Å². The lowest BCUT2D eigenvalue weighted by Crippen LogP contribution is -2.16. The van der Waals surface area contributed by atoms with Crippen LogP contribution in [0.15, 0.2) is 83.8 Å². The fourth-order valence-electron chi connectivity index (χ4n) is 2.88. The number of anilines is 3. The lowest BCUT2D eigenvalue weighted by atomic mass is 10.3. The zero-order valence-electron chi connectivity index (χ0n) is 16.2. The summed E-state index contributed by atoms with van der Waals surface area (Å²) in [5, 5.41) is 3.14. The van der Waals surface area contributed by atoms with Crippen molar-refractivity contribution in [1.29, 1.82) is 0 Å². The van der Waals surface area contributed by atoms with Crippen molar-refractivity contribution in [2.45, 2.75) is 11.8 Å². The first-order valence-corrected chi connectivity index (χ1v) is 10.9. The molecule has 0 saturated heterocycles. The van der Waals surface area contributed by atoms with Gasteiger partial charge in [-0.1, -0.05) is 30.3 Å². The van der Waals surface area contributed by atoms with Gasteiger partial charge in [-0.05, 0) is 55.5 Å². The average Bonchev–Trinajstić information content (AvgIpc) is 2.75. The molecule has 2 N–H and O–H groups in total. The average molecular weight is 420 g/mol. The van der Waals surface area contributed by atoms with Crippen molar-refractivity contribution in [2.75, 3.05) is 16.6 Å². The van der Waals surface area contributed by atoms with Crippen LogP contribution in [0.4, 0.5) is 17.3 Å². The molecule has 152 valence electrons. The van der Waals surface area contributed by atoms with E-state index in [1.54, 1.807) is 18.2 Å². The van der Waals surface area contributed by atoms with Crippen molar-refractivity contribution in [3.63, 3.8) is 0 Å². The van der Waals surface area contributed by atoms with E-state index in [1.165, 1.54) is 12.1 Å². The summed E-state index contributed by atoms with van der Waals surface area (Å²) in [6, 6.07) is 22.9. The number of sulfonamides is 1. The van der Waals surface area contributed by atoms with Gasteiger partial charge in [0.05, 0.1) is 22.5 Å². The fourth-order valence-corrected chi connectivity index (χ4v) is 3.89. The zero-order valence-corrected chi connectivity index (χ0v) is 17.1. The van der Waals surface area contributed by atoms with Crippen molar-refractivity contribution in [3.05, 3.63) is 78.9 Å². The lowest BCUT2D eigenvalue weighted by molar-refractivity contribution is 0.340. The molecule has 3 aromatic carbocycles. The first kappa shape index (κ1) is 19.7. The third-order valence-electron chi connectivity index (χ3n) is 4.28. The van der Waals surface area contributed by atoms with Gasteiger partial charge in [0.25, 0.3) is 10.0 Å². The van der Waals surface area contributed by atoms with Crippen molar-refractivity contribution in [1.82, 2.24) is 9.97 Å². The molecule has 4 aromatic rings. The quantitative estimate of drug-likeness (QED) is 0.455. The van der Waals surface area contributed by atoms with Crippen LogP contribution in [0.25, 0.3) is 11.0 Å². The number of ether oxygens (including phenoxy) is 1. The van der Waals surface area contributed by atoms with Crippen LogP contribution in [0.2, 0.25) is 0 Å². The van der Waals surface area contributed by atoms with Crippen LogP contribution in [-0.2, 0) is 10.0 Å². The third-order valence-corrected chi connectivity index (χ3v) is 5.64. The van der Waals surface area contributed by atoms with Crippen molar-refractivity contribution in [3.8, 4) is 5.75 Å². The van der Waals surface area contributed by atoms with E-state index in [9.17, 15) is 8.42 Å². The molecule has 4 rings (SSSR count). The predicted octanol–water partition coefficient (Wildman–Crippen LogP) is 4.57. The van der Waals surface area contributed by atoms with E-state index in [0.29, 0.717) is 29.2 Å². The molecule has 1 aromatic heterocycles. The highest BCUT2D eigenvalue weighted by molar-refractivity contribution is 7.92. The molecule has 0 aliphatic carbocycles. The minimum Gasteiger partial charge on any atom is -0.494 e. The SMILES string of the molecule is CCOc1ccc(S(=O)(=O)Nc2nc3ccccc3nc2Nc2ccccc2)cc1. The minimum atomic E-state index is -3.88. The van der Waals surface area contributed by atoms with E-state index < -0.39 is 10.0 Å². The number of nitrogens with one attached hydrogen (secondary N) is 2. The summed E-state index contributed by atoms with van der Waals surface area (Å²) < 4.78 is 33.9. The molecule has 0 amide bonds. The standard InChI is InChI=1S/C22H20N4O3S/c1-2-29-17-12-14-18(15-13-17)30(27,28)26-22-21(23-16-8-4-3-5-9-16)24-19-10-6-7-11-20(19)25-22/h3-15H,2H2,1H3,(H,23,24)(H,25,26). The van der Waals surface area contributed by atoms with E-state index in [4.69, 9.17) is 4.74 Å². The summed E-state index contributed by atoms with van der Waals surface area (Å²) in [7, 11) is -3.88. The molecule has 8 heteroatoms. The van der Waals surface area contributed by atoms with Gasteiger partial charge in [-0.2, -0.15) is 0 Å². The Morgan fingerprint density at radius 2 is 1.40 bits per heavy atom. The Morgan fingerprint density at radius 1 is 0.800 bits per heavy atom. The zero-order chi connectivity index (χ0) is 21.0. The number of hydrogen-bond donors (Lipinski definition) is 2. The number of rotatable bonds is 7. The highest BCUT2D eigenvalue weighted by Crippen LogP contribution is 2.27. The van der Waals surface area contributed by atoms with Crippen LogP contribution >= 0.6 is 0 Å². The Hall–Kier alpha value is -3.65. The van der Waals surface area contributed by atoms with Crippen LogP contribution in [0.5, 0.6) is 5.75 Å². The Bertz CT molecular complexity index is 1260. The van der Waals surface area contributed by atoms with Gasteiger partial charge in [-0.15, -0.1) is 0 Å². The number of hydrogen-bond acceptors (Lipinski definition) is 6. The molecule has 30 heavy (non-hydrogen) atoms.